The van der Waals surface area contributed by atoms with Gasteiger partial charge in [0.25, 0.3) is 0 Å². The molecule has 2 fully saturated rings. The lowest BCUT2D eigenvalue weighted by Crippen LogP contribution is -2.43. The average molecular weight is 486 g/mol. The summed E-state index contributed by atoms with van der Waals surface area (Å²) in [7, 11) is -3.38. The summed E-state index contributed by atoms with van der Waals surface area (Å²) in [5.74, 6) is -0.136. The molecule has 0 bridgehead atoms. The molecule has 0 aliphatic carbocycles. The number of hydrogen-bond acceptors (Lipinski definition) is 5. The predicted octanol–water partition coefficient (Wildman–Crippen LogP) is 2.69. The standard InChI is InChI=1S/C26H35N3O4S/c1-21-4-2-7-24(16-21)20-34(31,32)29-10-8-25(9-11-29)26(30)27-18-22-5-3-6-23(17-22)19-28-12-14-33-15-13-28/h2-7,16-17,25H,8-15,18-20H2,1H3,(H,27,30). The summed E-state index contributed by atoms with van der Waals surface area (Å²) in [5, 5.41) is 3.06. The van der Waals surface area contributed by atoms with Crippen molar-refractivity contribution in [2.24, 2.45) is 5.92 Å². The van der Waals surface area contributed by atoms with Gasteiger partial charge in [-0.25, -0.2) is 12.7 Å². The Morgan fingerprint density at radius 1 is 0.971 bits per heavy atom. The largest absolute Gasteiger partial charge is 0.379 e. The van der Waals surface area contributed by atoms with E-state index in [0.29, 0.717) is 32.5 Å². The van der Waals surface area contributed by atoms with Gasteiger partial charge in [-0.15, -0.1) is 0 Å². The Morgan fingerprint density at radius 3 is 2.38 bits per heavy atom. The summed E-state index contributed by atoms with van der Waals surface area (Å²) in [6.07, 6.45) is 1.10. The van der Waals surface area contributed by atoms with Crippen LogP contribution in [0, 0.1) is 12.8 Å². The summed E-state index contributed by atoms with van der Waals surface area (Å²) in [6, 6.07) is 15.9. The van der Waals surface area contributed by atoms with E-state index < -0.39 is 10.0 Å². The molecule has 1 amide bonds. The topological polar surface area (TPSA) is 79.0 Å². The van der Waals surface area contributed by atoms with Crippen LogP contribution in [-0.4, -0.2) is 62.9 Å². The van der Waals surface area contributed by atoms with E-state index in [1.54, 1.807) is 0 Å². The van der Waals surface area contributed by atoms with Crippen LogP contribution in [0.1, 0.15) is 35.1 Å². The number of aryl methyl sites for hydroxylation is 1. The van der Waals surface area contributed by atoms with Crippen molar-refractivity contribution >= 4 is 15.9 Å². The second kappa shape index (κ2) is 11.4. The number of benzene rings is 2. The first-order valence-corrected chi connectivity index (χ1v) is 13.7. The van der Waals surface area contributed by atoms with Gasteiger partial charge < -0.3 is 10.1 Å². The van der Waals surface area contributed by atoms with Crippen LogP contribution in [-0.2, 0) is 38.4 Å². The lowest BCUT2D eigenvalue weighted by Gasteiger charge is -2.30. The first-order valence-electron chi connectivity index (χ1n) is 12.1. The van der Waals surface area contributed by atoms with Gasteiger partial charge in [0.05, 0.1) is 19.0 Å². The fraction of sp³-hybridized carbons (Fsp3) is 0.500. The third-order valence-corrected chi connectivity index (χ3v) is 8.47. The van der Waals surface area contributed by atoms with Crippen molar-refractivity contribution < 1.29 is 17.9 Å². The molecular weight excluding hydrogens is 450 g/mol. The van der Waals surface area contributed by atoms with Gasteiger partial charge in [0.2, 0.25) is 15.9 Å². The van der Waals surface area contributed by atoms with Crippen LogP contribution in [0.15, 0.2) is 48.5 Å². The highest BCUT2D eigenvalue weighted by molar-refractivity contribution is 7.88. The first kappa shape index (κ1) is 24.9. The van der Waals surface area contributed by atoms with E-state index in [4.69, 9.17) is 4.74 Å². The van der Waals surface area contributed by atoms with Crippen molar-refractivity contribution in [3.8, 4) is 0 Å². The predicted molar refractivity (Wildman–Crippen MR) is 132 cm³/mol. The van der Waals surface area contributed by atoms with Crippen molar-refractivity contribution in [3.63, 3.8) is 0 Å². The van der Waals surface area contributed by atoms with Gasteiger partial charge in [0, 0.05) is 45.2 Å². The van der Waals surface area contributed by atoms with E-state index in [1.165, 1.54) is 9.87 Å². The normalized spacial score (nSPS) is 18.6. The summed E-state index contributed by atoms with van der Waals surface area (Å²) in [5.41, 5.74) is 4.17. The number of carbonyl (C=O) groups is 1. The molecule has 0 aromatic heterocycles. The van der Waals surface area contributed by atoms with Crippen LogP contribution in [0.2, 0.25) is 0 Å². The molecule has 0 radical (unpaired) electrons. The van der Waals surface area contributed by atoms with Gasteiger partial charge in [0.1, 0.15) is 0 Å². The van der Waals surface area contributed by atoms with Crippen LogP contribution < -0.4 is 5.32 Å². The zero-order chi connectivity index (χ0) is 24.0. The van der Waals surface area contributed by atoms with Crippen LogP contribution in [0.3, 0.4) is 0 Å². The van der Waals surface area contributed by atoms with Crippen molar-refractivity contribution in [2.45, 2.75) is 38.6 Å². The van der Waals surface area contributed by atoms with Gasteiger partial charge in [-0.3, -0.25) is 9.69 Å². The van der Waals surface area contributed by atoms with E-state index in [-0.39, 0.29) is 17.6 Å². The molecule has 0 spiro atoms. The summed E-state index contributed by atoms with van der Waals surface area (Å²) >= 11 is 0. The van der Waals surface area contributed by atoms with E-state index in [0.717, 1.165) is 49.5 Å². The minimum absolute atomic E-state index is 0.00629. The Labute approximate surface area is 203 Å². The van der Waals surface area contributed by atoms with E-state index in [9.17, 15) is 13.2 Å². The number of nitrogens with one attached hydrogen (secondary N) is 1. The second-order valence-corrected chi connectivity index (χ2v) is 11.3. The Morgan fingerprint density at radius 2 is 1.65 bits per heavy atom. The minimum Gasteiger partial charge on any atom is -0.379 e. The van der Waals surface area contributed by atoms with Gasteiger partial charge >= 0.3 is 0 Å². The highest BCUT2D eigenvalue weighted by atomic mass is 32.2. The number of nitrogens with zero attached hydrogens (tertiary/aromatic N) is 2. The number of carbonyl (C=O) groups excluding carboxylic acids is 1. The molecule has 0 saturated carbocycles. The van der Waals surface area contributed by atoms with Crippen molar-refractivity contribution in [1.29, 1.82) is 0 Å². The Bertz CT molecular complexity index is 1070. The molecule has 34 heavy (non-hydrogen) atoms. The van der Waals surface area contributed by atoms with E-state index in [2.05, 4.69) is 22.3 Å². The Balaban J connectivity index is 1.24. The highest BCUT2D eigenvalue weighted by Gasteiger charge is 2.31. The third-order valence-electron chi connectivity index (χ3n) is 6.62. The quantitative estimate of drug-likeness (QED) is 0.622. The number of morpholine rings is 1. The molecule has 2 aromatic rings. The molecule has 2 heterocycles. The van der Waals surface area contributed by atoms with Crippen molar-refractivity contribution in [1.82, 2.24) is 14.5 Å². The SMILES string of the molecule is Cc1cccc(CS(=O)(=O)N2CCC(C(=O)NCc3cccc(CN4CCOCC4)c3)CC2)c1. The fourth-order valence-corrected chi connectivity index (χ4v) is 6.24. The molecule has 4 rings (SSSR count). The van der Waals surface area contributed by atoms with Crippen LogP contribution in [0.25, 0.3) is 0 Å². The second-order valence-electron chi connectivity index (χ2n) is 9.34. The van der Waals surface area contributed by atoms with Crippen molar-refractivity contribution in [2.75, 3.05) is 39.4 Å². The minimum atomic E-state index is -3.38. The average Bonchev–Trinajstić information content (AvgIpc) is 2.83. The third kappa shape index (κ3) is 6.88. The molecule has 8 heteroatoms. The van der Waals surface area contributed by atoms with Gasteiger partial charge in [-0.1, -0.05) is 54.1 Å². The van der Waals surface area contributed by atoms with Crippen LogP contribution in [0.4, 0.5) is 0 Å². The van der Waals surface area contributed by atoms with E-state index in [1.807, 2.05) is 43.3 Å². The molecular formula is C26H35N3O4S. The molecule has 0 unspecified atom stereocenters. The monoisotopic (exact) mass is 485 g/mol. The highest BCUT2D eigenvalue weighted by Crippen LogP contribution is 2.22. The number of rotatable bonds is 8. The first-order chi connectivity index (χ1) is 16.4. The summed E-state index contributed by atoms with van der Waals surface area (Å²) in [4.78, 5) is 15.1. The number of hydrogen-bond donors (Lipinski definition) is 1. The molecule has 2 saturated heterocycles. The lowest BCUT2D eigenvalue weighted by molar-refractivity contribution is -0.126. The smallest absolute Gasteiger partial charge is 0.223 e. The number of sulfonamides is 1. The van der Waals surface area contributed by atoms with Gasteiger partial charge in [-0.05, 0) is 36.5 Å². The fourth-order valence-electron chi connectivity index (χ4n) is 4.69. The number of ether oxygens (including phenoxy) is 1. The molecule has 0 atom stereocenters. The molecule has 2 aliphatic heterocycles. The summed E-state index contributed by atoms with van der Waals surface area (Å²) < 4.78 is 32.6. The maximum Gasteiger partial charge on any atom is 0.223 e. The van der Waals surface area contributed by atoms with Gasteiger partial charge in [0.15, 0.2) is 0 Å². The molecule has 1 N–H and O–H groups in total. The molecule has 2 aromatic carbocycles. The van der Waals surface area contributed by atoms with Gasteiger partial charge in [-0.2, -0.15) is 0 Å². The summed E-state index contributed by atoms with van der Waals surface area (Å²) in [6.45, 7) is 7.57. The van der Waals surface area contributed by atoms with Crippen molar-refractivity contribution in [3.05, 3.63) is 70.8 Å². The zero-order valence-electron chi connectivity index (χ0n) is 19.9. The Hall–Kier alpha value is -2.26. The molecule has 2 aliphatic rings. The zero-order valence-corrected chi connectivity index (χ0v) is 20.7. The maximum atomic E-state index is 12.8. The van der Waals surface area contributed by atoms with E-state index >= 15 is 0 Å². The van der Waals surface area contributed by atoms with Crippen LogP contribution in [0.5, 0.6) is 0 Å². The Kier molecular flexibility index (Phi) is 8.37. The number of piperidine rings is 1. The maximum absolute atomic E-state index is 12.8. The molecule has 184 valence electrons. The van der Waals surface area contributed by atoms with Crippen LogP contribution >= 0.6 is 0 Å². The molecule has 7 nitrogen and oxygen atoms in total. The number of amides is 1. The lowest BCUT2D eigenvalue weighted by atomic mass is 9.97.